The molecule has 1 fully saturated rings. The molecular weight excluding hydrogens is 176 g/mol. The van der Waals surface area contributed by atoms with Gasteiger partial charge in [-0.2, -0.15) is 0 Å². The number of nitrogens with zero attached hydrogens (tertiary/aromatic N) is 1. The average molecular weight is 200 g/mol. The maximum absolute atomic E-state index is 5.07. The number of piperidine rings is 1. The van der Waals surface area contributed by atoms with Crippen LogP contribution in [0.1, 0.15) is 26.2 Å². The molecular formula is C11H24N2O. The highest BCUT2D eigenvalue weighted by Gasteiger charge is 2.09. The molecule has 1 heterocycles. The molecule has 1 unspecified atom stereocenters. The van der Waals surface area contributed by atoms with Gasteiger partial charge in [-0.1, -0.05) is 6.42 Å². The molecule has 3 nitrogen and oxygen atoms in total. The SMILES string of the molecule is COCC(C)NCCN1CCCCC1. The predicted molar refractivity (Wildman–Crippen MR) is 59.6 cm³/mol. The van der Waals surface area contributed by atoms with E-state index in [1.807, 2.05) is 0 Å². The molecule has 14 heavy (non-hydrogen) atoms. The number of ether oxygens (including phenoxy) is 1. The lowest BCUT2D eigenvalue weighted by atomic mass is 10.1. The third-order valence-electron chi connectivity index (χ3n) is 2.79. The van der Waals surface area contributed by atoms with Crippen molar-refractivity contribution in [1.29, 1.82) is 0 Å². The van der Waals surface area contributed by atoms with E-state index in [1.54, 1.807) is 7.11 Å². The molecule has 1 aliphatic heterocycles. The monoisotopic (exact) mass is 200 g/mol. The fourth-order valence-electron chi connectivity index (χ4n) is 1.96. The molecule has 0 aromatic heterocycles. The Kier molecular flexibility index (Phi) is 6.15. The highest BCUT2D eigenvalue weighted by molar-refractivity contribution is 4.67. The Bertz CT molecular complexity index is 135. The van der Waals surface area contributed by atoms with Gasteiger partial charge in [0.15, 0.2) is 0 Å². The zero-order valence-electron chi connectivity index (χ0n) is 9.59. The van der Waals surface area contributed by atoms with E-state index in [0.29, 0.717) is 6.04 Å². The predicted octanol–water partition coefficient (Wildman–Crippen LogP) is 1.10. The van der Waals surface area contributed by atoms with Crippen molar-refractivity contribution in [2.24, 2.45) is 0 Å². The second-order valence-corrected chi connectivity index (χ2v) is 4.21. The summed E-state index contributed by atoms with van der Waals surface area (Å²) in [4.78, 5) is 2.55. The summed E-state index contributed by atoms with van der Waals surface area (Å²) in [5.74, 6) is 0. The van der Waals surface area contributed by atoms with Gasteiger partial charge in [0.1, 0.15) is 0 Å². The van der Waals surface area contributed by atoms with E-state index in [0.717, 1.165) is 13.2 Å². The Morgan fingerprint density at radius 1 is 1.29 bits per heavy atom. The van der Waals surface area contributed by atoms with Crippen LogP contribution in [0.3, 0.4) is 0 Å². The van der Waals surface area contributed by atoms with Crippen LogP contribution in [0.25, 0.3) is 0 Å². The first-order chi connectivity index (χ1) is 6.83. The van der Waals surface area contributed by atoms with Crippen LogP contribution >= 0.6 is 0 Å². The first-order valence-electron chi connectivity index (χ1n) is 5.77. The molecule has 1 saturated heterocycles. The Labute approximate surface area is 87.8 Å². The zero-order chi connectivity index (χ0) is 10.2. The summed E-state index contributed by atoms with van der Waals surface area (Å²) in [6, 6.07) is 0.477. The van der Waals surface area contributed by atoms with Gasteiger partial charge in [0.2, 0.25) is 0 Å². The molecule has 0 aromatic carbocycles. The van der Waals surface area contributed by atoms with Crippen molar-refractivity contribution in [3.05, 3.63) is 0 Å². The summed E-state index contributed by atoms with van der Waals surface area (Å²) < 4.78 is 5.07. The van der Waals surface area contributed by atoms with Crippen molar-refractivity contribution in [3.63, 3.8) is 0 Å². The van der Waals surface area contributed by atoms with Crippen molar-refractivity contribution < 1.29 is 4.74 Å². The van der Waals surface area contributed by atoms with Gasteiger partial charge in [-0.25, -0.2) is 0 Å². The quantitative estimate of drug-likeness (QED) is 0.695. The fourth-order valence-corrected chi connectivity index (χ4v) is 1.96. The minimum Gasteiger partial charge on any atom is -0.383 e. The van der Waals surface area contributed by atoms with E-state index in [1.165, 1.54) is 38.9 Å². The lowest BCUT2D eigenvalue weighted by molar-refractivity contribution is 0.167. The number of hydrogen-bond acceptors (Lipinski definition) is 3. The molecule has 1 rings (SSSR count). The van der Waals surface area contributed by atoms with Crippen LogP contribution in [0.2, 0.25) is 0 Å². The minimum absolute atomic E-state index is 0.477. The van der Waals surface area contributed by atoms with E-state index >= 15 is 0 Å². The van der Waals surface area contributed by atoms with Gasteiger partial charge in [0.25, 0.3) is 0 Å². The van der Waals surface area contributed by atoms with E-state index < -0.39 is 0 Å². The molecule has 3 heteroatoms. The van der Waals surface area contributed by atoms with Crippen molar-refractivity contribution in [1.82, 2.24) is 10.2 Å². The van der Waals surface area contributed by atoms with Crippen LogP contribution in [0.4, 0.5) is 0 Å². The molecule has 0 aliphatic carbocycles. The summed E-state index contributed by atoms with van der Waals surface area (Å²) in [6.07, 6.45) is 4.19. The fraction of sp³-hybridized carbons (Fsp3) is 1.00. The molecule has 1 N–H and O–H groups in total. The Morgan fingerprint density at radius 2 is 2.00 bits per heavy atom. The molecule has 0 aromatic rings. The minimum atomic E-state index is 0.477. The molecule has 0 spiro atoms. The first kappa shape index (κ1) is 12.0. The smallest absolute Gasteiger partial charge is 0.0613 e. The zero-order valence-corrected chi connectivity index (χ0v) is 9.59. The molecule has 1 atom stereocenters. The van der Waals surface area contributed by atoms with E-state index in [4.69, 9.17) is 4.74 Å². The number of nitrogens with one attached hydrogen (secondary N) is 1. The second-order valence-electron chi connectivity index (χ2n) is 4.21. The average Bonchev–Trinajstić information content (AvgIpc) is 2.20. The van der Waals surface area contributed by atoms with E-state index in [-0.39, 0.29) is 0 Å². The maximum Gasteiger partial charge on any atom is 0.0613 e. The molecule has 0 saturated carbocycles. The van der Waals surface area contributed by atoms with Crippen LogP contribution < -0.4 is 5.32 Å². The number of likely N-dealkylation sites (tertiary alicyclic amines) is 1. The standard InChI is InChI=1S/C11H24N2O/c1-11(10-14-2)12-6-9-13-7-4-3-5-8-13/h11-12H,3-10H2,1-2H3. The third kappa shape index (κ3) is 4.94. The van der Waals surface area contributed by atoms with E-state index in [9.17, 15) is 0 Å². The van der Waals surface area contributed by atoms with E-state index in [2.05, 4.69) is 17.1 Å². The van der Waals surface area contributed by atoms with Gasteiger partial charge >= 0.3 is 0 Å². The Hall–Kier alpha value is -0.120. The molecule has 1 aliphatic rings. The highest BCUT2D eigenvalue weighted by Crippen LogP contribution is 2.07. The van der Waals surface area contributed by atoms with Crippen molar-refractivity contribution >= 4 is 0 Å². The van der Waals surface area contributed by atoms with Gasteiger partial charge in [-0.15, -0.1) is 0 Å². The second kappa shape index (κ2) is 7.21. The van der Waals surface area contributed by atoms with Gasteiger partial charge in [-0.05, 0) is 32.9 Å². The van der Waals surface area contributed by atoms with Gasteiger partial charge < -0.3 is 15.0 Å². The number of rotatable bonds is 6. The van der Waals surface area contributed by atoms with Crippen LogP contribution in [-0.2, 0) is 4.74 Å². The van der Waals surface area contributed by atoms with Crippen LogP contribution in [0.15, 0.2) is 0 Å². The van der Waals surface area contributed by atoms with Crippen LogP contribution in [0.5, 0.6) is 0 Å². The van der Waals surface area contributed by atoms with Crippen molar-refractivity contribution in [2.75, 3.05) is 39.9 Å². The summed E-state index contributed by atoms with van der Waals surface area (Å²) in [6.45, 7) is 7.83. The topological polar surface area (TPSA) is 24.5 Å². The van der Waals surface area contributed by atoms with Crippen molar-refractivity contribution in [3.8, 4) is 0 Å². The first-order valence-corrected chi connectivity index (χ1v) is 5.77. The van der Waals surface area contributed by atoms with Gasteiger partial charge in [0, 0.05) is 26.2 Å². The normalized spacial score (nSPS) is 21.0. The number of hydrogen-bond donors (Lipinski definition) is 1. The van der Waals surface area contributed by atoms with Crippen LogP contribution in [0, 0.1) is 0 Å². The van der Waals surface area contributed by atoms with Crippen LogP contribution in [-0.4, -0.2) is 50.8 Å². The molecule has 0 radical (unpaired) electrons. The summed E-state index contributed by atoms with van der Waals surface area (Å²) in [7, 11) is 1.75. The van der Waals surface area contributed by atoms with Gasteiger partial charge in [-0.3, -0.25) is 0 Å². The highest BCUT2D eigenvalue weighted by atomic mass is 16.5. The van der Waals surface area contributed by atoms with Crippen molar-refractivity contribution in [2.45, 2.75) is 32.2 Å². The number of methoxy groups -OCH3 is 1. The summed E-state index contributed by atoms with van der Waals surface area (Å²) >= 11 is 0. The summed E-state index contributed by atoms with van der Waals surface area (Å²) in [5, 5.41) is 3.46. The third-order valence-corrected chi connectivity index (χ3v) is 2.79. The lowest BCUT2D eigenvalue weighted by Crippen LogP contribution is -2.39. The summed E-state index contributed by atoms with van der Waals surface area (Å²) in [5.41, 5.74) is 0. The van der Waals surface area contributed by atoms with Gasteiger partial charge in [0.05, 0.1) is 6.61 Å². The maximum atomic E-state index is 5.07. The lowest BCUT2D eigenvalue weighted by Gasteiger charge is -2.27. The molecule has 0 amide bonds. The largest absolute Gasteiger partial charge is 0.383 e. The Balaban J connectivity index is 1.96. The molecule has 84 valence electrons. The molecule has 0 bridgehead atoms. The Morgan fingerprint density at radius 3 is 2.64 bits per heavy atom.